The Bertz CT molecular complexity index is 700. The monoisotopic (exact) mass is 277 g/mol. The number of benzene rings is 2. The van der Waals surface area contributed by atoms with Crippen molar-refractivity contribution in [2.75, 3.05) is 4.90 Å². The molecule has 2 aromatic rings. The molecule has 2 aromatic carbocycles. The number of carbonyl (C=O) groups excluding carboxylic acids is 1. The summed E-state index contributed by atoms with van der Waals surface area (Å²) < 4.78 is 0. The van der Waals surface area contributed by atoms with Crippen molar-refractivity contribution in [1.29, 1.82) is 0 Å². The van der Waals surface area contributed by atoms with Crippen LogP contribution in [0.2, 0.25) is 0 Å². The molecule has 0 N–H and O–H groups in total. The molecule has 3 rings (SSSR count). The zero-order chi connectivity index (χ0) is 15.0. The second-order valence-electron chi connectivity index (χ2n) is 5.71. The average Bonchev–Trinajstić information content (AvgIpc) is 2.84. The van der Waals surface area contributed by atoms with Crippen molar-refractivity contribution in [1.82, 2.24) is 0 Å². The van der Waals surface area contributed by atoms with Gasteiger partial charge in [-0.05, 0) is 36.2 Å². The third-order valence-corrected chi connectivity index (χ3v) is 4.27. The second kappa shape index (κ2) is 5.21. The molecule has 0 spiro atoms. The van der Waals surface area contributed by atoms with Crippen LogP contribution < -0.4 is 4.90 Å². The zero-order valence-electron chi connectivity index (χ0n) is 12.5. The molecule has 0 saturated carbocycles. The zero-order valence-corrected chi connectivity index (χ0v) is 12.5. The van der Waals surface area contributed by atoms with Gasteiger partial charge >= 0.3 is 0 Å². The van der Waals surface area contributed by atoms with E-state index in [2.05, 4.69) is 25.6 Å². The number of carbonyl (C=O) groups is 1. The molecule has 1 aliphatic rings. The predicted molar refractivity (Wildman–Crippen MR) is 86.6 cm³/mol. The van der Waals surface area contributed by atoms with Gasteiger partial charge in [-0.25, -0.2) is 0 Å². The maximum atomic E-state index is 12.4. The summed E-state index contributed by atoms with van der Waals surface area (Å²) in [6.45, 7) is 8.85. The van der Waals surface area contributed by atoms with E-state index in [4.69, 9.17) is 0 Å². The van der Waals surface area contributed by atoms with Crippen molar-refractivity contribution in [2.45, 2.75) is 26.3 Å². The molecule has 2 heteroatoms. The van der Waals surface area contributed by atoms with E-state index in [0.29, 0.717) is 12.5 Å². The normalized spacial score (nSPS) is 15.0. The number of hydrogen-bond donors (Lipinski definition) is 0. The lowest BCUT2D eigenvalue weighted by Crippen LogP contribution is -2.22. The molecule has 106 valence electrons. The Balaban J connectivity index is 1.87. The lowest BCUT2D eigenvalue weighted by molar-refractivity contribution is 0.0996. The minimum Gasteiger partial charge on any atom is -0.304 e. The van der Waals surface area contributed by atoms with Gasteiger partial charge in [-0.1, -0.05) is 49.4 Å². The van der Waals surface area contributed by atoms with Crippen LogP contribution in [-0.4, -0.2) is 5.91 Å². The Morgan fingerprint density at radius 2 is 1.81 bits per heavy atom. The summed E-state index contributed by atoms with van der Waals surface area (Å²) in [6.07, 6.45) is 0. The van der Waals surface area contributed by atoms with Gasteiger partial charge in [-0.3, -0.25) is 4.79 Å². The van der Waals surface area contributed by atoms with Gasteiger partial charge in [0, 0.05) is 17.2 Å². The van der Waals surface area contributed by atoms with Crippen molar-refractivity contribution >= 4 is 11.6 Å². The fraction of sp³-hybridized carbons (Fsp3) is 0.211. The number of nitrogens with zero attached hydrogens (tertiary/aromatic N) is 1. The number of hydrogen-bond acceptors (Lipinski definition) is 1. The highest BCUT2D eigenvalue weighted by Crippen LogP contribution is 2.30. The highest BCUT2D eigenvalue weighted by molar-refractivity contribution is 6.09. The van der Waals surface area contributed by atoms with Gasteiger partial charge in [-0.15, -0.1) is 0 Å². The largest absolute Gasteiger partial charge is 0.304 e. The van der Waals surface area contributed by atoms with Gasteiger partial charge in [0.1, 0.15) is 0 Å². The van der Waals surface area contributed by atoms with Crippen molar-refractivity contribution in [3.63, 3.8) is 0 Å². The fourth-order valence-electron chi connectivity index (χ4n) is 2.69. The van der Waals surface area contributed by atoms with Crippen LogP contribution >= 0.6 is 0 Å². The summed E-state index contributed by atoms with van der Waals surface area (Å²) in [4.78, 5) is 14.3. The molecule has 0 bridgehead atoms. The smallest absolute Gasteiger partial charge is 0.258 e. The molecule has 1 aliphatic heterocycles. The summed E-state index contributed by atoms with van der Waals surface area (Å²) in [5.41, 5.74) is 5.25. The van der Waals surface area contributed by atoms with Crippen molar-refractivity contribution in [3.05, 3.63) is 77.4 Å². The quantitative estimate of drug-likeness (QED) is 0.755. The molecular formula is C19H19NO. The minimum atomic E-state index is 0.0892. The van der Waals surface area contributed by atoms with Crippen molar-refractivity contribution < 1.29 is 4.79 Å². The maximum absolute atomic E-state index is 12.4. The molecule has 0 aliphatic carbocycles. The van der Waals surface area contributed by atoms with Crippen LogP contribution in [0.15, 0.2) is 60.7 Å². The molecule has 1 heterocycles. The van der Waals surface area contributed by atoms with E-state index in [0.717, 1.165) is 22.4 Å². The predicted octanol–water partition coefficient (Wildman–Crippen LogP) is 4.53. The molecule has 0 saturated heterocycles. The molecule has 0 unspecified atom stereocenters. The summed E-state index contributed by atoms with van der Waals surface area (Å²) in [5, 5.41) is 0. The second-order valence-corrected chi connectivity index (χ2v) is 5.71. The molecule has 0 radical (unpaired) electrons. The third kappa shape index (κ3) is 2.38. The van der Waals surface area contributed by atoms with Crippen LogP contribution in [0.3, 0.4) is 0 Å². The van der Waals surface area contributed by atoms with E-state index in [1.807, 2.05) is 48.2 Å². The lowest BCUT2D eigenvalue weighted by Gasteiger charge is -2.18. The van der Waals surface area contributed by atoms with Crippen LogP contribution in [0, 0.1) is 0 Å². The Morgan fingerprint density at radius 3 is 2.43 bits per heavy atom. The molecule has 1 amide bonds. The number of allylic oxidation sites excluding steroid dienone is 1. The Labute approximate surface area is 125 Å². The highest BCUT2D eigenvalue weighted by atomic mass is 16.2. The SMILES string of the molecule is C=C(C)[C@H](C)c1ccc(N2Cc3ccccc3C2=O)cc1. The Morgan fingerprint density at radius 1 is 1.14 bits per heavy atom. The van der Waals surface area contributed by atoms with Gasteiger partial charge in [0.2, 0.25) is 0 Å². The number of anilines is 1. The van der Waals surface area contributed by atoms with Gasteiger partial charge in [0.05, 0.1) is 6.54 Å². The lowest BCUT2D eigenvalue weighted by atomic mass is 9.95. The average molecular weight is 277 g/mol. The standard InChI is InChI=1S/C19H19NO/c1-13(2)14(3)15-8-10-17(11-9-15)20-12-16-6-4-5-7-18(16)19(20)21/h4-11,14H,1,12H2,2-3H3/t14-/m0/s1. The molecule has 21 heavy (non-hydrogen) atoms. The van der Waals surface area contributed by atoms with E-state index < -0.39 is 0 Å². The van der Waals surface area contributed by atoms with E-state index in [-0.39, 0.29) is 5.91 Å². The topological polar surface area (TPSA) is 20.3 Å². The van der Waals surface area contributed by atoms with E-state index in [9.17, 15) is 4.79 Å². The van der Waals surface area contributed by atoms with Gasteiger partial charge in [0.25, 0.3) is 5.91 Å². The van der Waals surface area contributed by atoms with E-state index >= 15 is 0 Å². The molecule has 0 fully saturated rings. The third-order valence-electron chi connectivity index (χ3n) is 4.27. The summed E-state index contributed by atoms with van der Waals surface area (Å²) in [6, 6.07) is 16.0. The Kier molecular flexibility index (Phi) is 3.38. The first kappa shape index (κ1) is 13.6. The fourth-order valence-corrected chi connectivity index (χ4v) is 2.69. The number of fused-ring (bicyclic) bond motifs is 1. The highest BCUT2D eigenvalue weighted by Gasteiger charge is 2.27. The minimum absolute atomic E-state index is 0.0892. The summed E-state index contributed by atoms with van der Waals surface area (Å²) in [5.74, 6) is 0.428. The van der Waals surface area contributed by atoms with Crippen LogP contribution in [0.25, 0.3) is 0 Å². The van der Waals surface area contributed by atoms with Gasteiger partial charge in [-0.2, -0.15) is 0 Å². The van der Waals surface area contributed by atoms with Crippen molar-refractivity contribution in [3.8, 4) is 0 Å². The van der Waals surface area contributed by atoms with E-state index in [1.54, 1.807) is 0 Å². The summed E-state index contributed by atoms with van der Waals surface area (Å²) >= 11 is 0. The molecule has 2 nitrogen and oxygen atoms in total. The van der Waals surface area contributed by atoms with Crippen LogP contribution in [0.4, 0.5) is 5.69 Å². The number of amides is 1. The van der Waals surface area contributed by atoms with Gasteiger partial charge < -0.3 is 4.90 Å². The molecule has 1 atom stereocenters. The first-order valence-electron chi connectivity index (χ1n) is 7.23. The van der Waals surface area contributed by atoms with Gasteiger partial charge in [0.15, 0.2) is 0 Å². The number of rotatable bonds is 3. The first-order chi connectivity index (χ1) is 10.1. The molecule has 0 aromatic heterocycles. The first-order valence-corrected chi connectivity index (χ1v) is 7.23. The van der Waals surface area contributed by atoms with Crippen molar-refractivity contribution in [2.24, 2.45) is 0 Å². The van der Waals surface area contributed by atoms with Crippen LogP contribution in [-0.2, 0) is 6.54 Å². The maximum Gasteiger partial charge on any atom is 0.258 e. The van der Waals surface area contributed by atoms with E-state index in [1.165, 1.54) is 5.56 Å². The summed E-state index contributed by atoms with van der Waals surface area (Å²) in [7, 11) is 0. The molecular weight excluding hydrogens is 258 g/mol. The van der Waals surface area contributed by atoms with Crippen LogP contribution in [0.1, 0.15) is 41.3 Å². The van der Waals surface area contributed by atoms with Crippen LogP contribution in [0.5, 0.6) is 0 Å². The Hall–Kier alpha value is -2.35.